The first kappa shape index (κ1) is 26.4. The maximum Gasteiger partial charge on any atom is 0.305 e. The van der Waals surface area contributed by atoms with Gasteiger partial charge in [-0.15, -0.1) is 11.3 Å². The van der Waals surface area contributed by atoms with E-state index < -0.39 is 30.1 Å². The van der Waals surface area contributed by atoms with E-state index in [0.29, 0.717) is 11.4 Å². The predicted molar refractivity (Wildman–Crippen MR) is 143 cm³/mol. The first-order valence-corrected chi connectivity index (χ1v) is 12.5. The van der Waals surface area contributed by atoms with Crippen LogP contribution in [0.4, 0.5) is 11.5 Å². The quantitative estimate of drug-likeness (QED) is 0.230. The molecule has 38 heavy (non-hydrogen) atoms. The van der Waals surface area contributed by atoms with Gasteiger partial charge in [-0.25, -0.2) is 4.98 Å². The molecule has 0 bridgehead atoms. The largest absolute Gasteiger partial charge is 0.481 e. The van der Waals surface area contributed by atoms with Gasteiger partial charge < -0.3 is 21.1 Å². The molecule has 0 aliphatic carbocycles. The molecule has 11 heteroatoms. The Morgan fingerprint density at radius 1 is 0.947 bits per heavy atom. The van der Waals surface area contributed by atoms with E-state index in [4.69, 9.17) is 5.11 Å². The Kier molecular flexibility index (Phi) is 8.39. The van der Waals surface area contributed by atoms with Gasteiger partial charge >= 0.3 is 5.97 Å². The van der Waals surface area contributed by atoms with Crippen molar-refractivity contribution >= 4 is 57.4 Å². The molecular formula is C27H25N5O5S. The van der Waals surface area contributed by atoms with E-state index in [2.05, 4.69) is 25.9 Å². The Bertz CT molecular complexity index is 1480. The van der Waals surface area contributed by atoms with Crippen LogP contribution < -0.4 is 16.0 Å². The van der Waals surface area contributed by atoms with Crippen LogP contribution in [0.3, 0.4) is 0 Å². The third-order valence-electron chi connectivity index (χ3n) is 5.55. The van der Waals surface area contributed by atoms with Crippen molar-refractivity contribution in [1.82, 2.24) is 20.6 Å². The zero-order valence-corrected chi connectivity index (χ0v) is 21.2. The monoisotopic (exact) mass is 531 g/mol. The number of carboxylic acids is 1. The normalized spacial score (nSPS) is 11.5. The number of fused-ring (bicyclic) bond motifs is 1. The highest BCUT2D eigenvalue weighted by atomic mass is 32.1. The summed E-state index contributed by atoms with van der Waals surface area (Å²) in [6, 6.07) is 17.1. The number of aromatic nitrogens is 2. The minimum Gasteiger partial charge on any atom is -0.481 e. The Hall–Kier alpha value is -4.64. The summed E-state index contributed by atoms with van der Waals surface area (Å²) < 4.78 is 0. The average Bonchev–Trinajstić information content (AvgIpc) is 3.34. The molecule has 2 aromatic carbocycles. The number of thiophene rings is 1. The summed E-state index contributed by atoms with van der Waals surface area (Å²) in [4.78, 5) is 57.8. The number of nitrogens with one attached hydrogen (secondary N) is 3. The highest BCUT2D eigenvalue weighted by Gasteiger charge is 2.20. The molecule has 10 nitrogen and oxygen atoms in total. The van der Waals surface area contributed by atoms with E-state index in [1.54, 1.807) is 36.5 Å². The van der Waals surface area contributed by atoms with Crippen molar-refractivity contribution in [2.45, 2.75) is 32.4 Å². The number of amides is 2. The van der Waals surface area contributed by atoms with E-state index in [1.165, 1.54) is 18.3 Å². The van der Waals surface area contributed by atoms with Gasteiger partial charge in [0.15, 0.2) is 5.78 Å². The van der Waals surface area contributed by atoms with Crippen LogP contribution in [0.2, 0.25) is 0 Å². The highest BCUT2D eigenvalue weighted by Crippen LogP contribution is 2.19. The molecule has 0 fully saturated rings. The third-order valence-corrected chi connectivity index (χ3v) is 6.63. The second-order valence-corrected chi connectivity index (χ2v) is 9.76. The average molecular weight is 532 g/mol. The lowest BCUT2D eigenvalue weighted by atomic mass is 10.1. The summed E-state index contributed by atoms with van der Waals surface area (Å²) in [6.45, 7) is 1.52. The molecular weight excluding hydrogens is 506 g/mol. The van der Waals surface area contributed by atoms with Gasteiger partial charge in [0.05, 0.1) is 42.7 Å². The number of hydrogen-bond donors (Lipinski definition) is 4. The Balaban J connectivity index is 1.27. The Labute approximate surface area is 222 Å². The van der Waals surface area contributed by atoms with Gasteiger partial charge in [-0.1, -0.05) is 12.1 Å². The molecule has 0 spiro atoms. The number of carbonyl (C=O) groups is 4. The van der Waals surface area contributed by atoms with Crippen LogP contribution in [0.15, 0.2) is 66.9 Å². The lowest BCUT2D eigenvalue weighted by Crippen LogP contribution is -2.41. The fourth-order valence-corrected chi connectivity index (χ4v) is 4.58. The van der Waals surface area contributed by atoms with E-state index in [9.17, 15) is 19.2 Å². The number of carbonyl (C=O) groups excluding carboxylic acids is 3. The van der Waals surface area contributed by atoms with Crippen molar-refractivity contribution in [1.29, 1.82) is 0 Å². The van der Waals surface area contributed by atoms with Gasteiger partial charge in [-0.3, -0.25) is 24.2 Å². The van der Waals surface area contributed by atoms with Gasteiger partial charge in [0.25, 0.3) is 5.91 Å². The molecule has 1 atom stereocenters. The van der Waals surface area contributed by atoms with Crippen LogP contribution in [0.25, 0.3) is 11.0 Å². The first-order valence-electron chi connectivity index (χ1n) is 11.7. The van der Waals surface area contributed by atoms with Crippen molar-refractivity contribution < 1.29 is 24.3 Å². The standard InChI is InChI=1S/C27H25N5O5S/c1-16(33)23(13-26(35)36)32-25(34)12-19-10-11-20(38-19)14-29-27(37)17-6-8-18(9-7-17)30-24-15-28-21-4-2-3-5-22(21)31-24/h2-11,15,23H,12-14H2,1H3,(H,29,37)(H,30,31)(H,32,34)(H,35,36)/t23-/m0/s1. The number of aliphatic carboxylic acids is 1. The van der Waals surface area contributed by atoms with Crippen LogP contribution in [0, 0.1) is 0 Å². The highest BCUT2D eigenvalue weighted by molar-refractivity contribution is 7.12. The molecule has 2 amide bonds. The van der Waals surface area contributed by atoms with Gasteiger partial charge in [-0.2, -0.15) is 0 Å². The summed E-state index contributed by atoms with van der Waals surface area (Å²) in [7, 11) is 0. The molecule has 2 aromatic heterocycles. The van der Waals surface area contributed by atoms with Crippen molar-refractivity contribution in [3.8, 4) is 0 Å². The van der Waals surface area contributed by atoms with Crippen LogP contribution in [0.5, 0.6) is 0 Å². The summed E-state index contributed by atoms with van der Waals surface area (Å²) >= 11 is 1.35. The molecule has 0 aliphatic heterocycles. The molecule has 0 radical (unpaired) electrons. The van der Waals surface area contributed by atoms with Crippen LogP contribution in [-0.2, 0) is 27.3 Å². The minimum absolute atomic E-state index is 0.0120. The molecule has 0 unspecified atom stereocenters. The summed E-state index contributed by atoms with van der Waals surface area (Å²) in [5, 5.41) is 17.4. The second kappa shape index (κ2) is 12.1. The molecule has 0 saturated heterocycles. The third kappa shape index (κ3) is 7.20. The predicted octanol–water partition coefficient (Wildman–Crippen LogP) is 3.46. The zero-order valence-electron chi connectivity index (χ0n) is 20.4. The van der Waals surface area contributed by atoms with E-state index in [1.807, 2.05) is 30.3 Å². The van der Waals surface area contributed by atoms with Gasteiger partial charge in [0, 0.05) is 21.0 Å². The maximum atomic E-state index is 12.6. The number of rotatable bonds is 11. The molecule has 0 aliphatic rings. The van der Waals surface area contributed by atoms with E-state index in [-0.39, 0.29) is 18.9 Å². The van der Waals surface area contributed by atoms with Crippen LogP contribution in [-0.4, -0.2) is 44.7 Å². The lowest BCUT2D eigenvalue weighted by Gasteiger charge is -2.13. The smallest absolute Gasteiger partial charge is 0.305 e. The fraction of sp³-hybridized carbons (Fsp3) is 0.185. The molecule has 4 rings (SSSR count). The number of hydrogen-bond acceptors (Lipinski definition) is 8. The zero-order chi connectivity index (χ0) is 27.1. The second-order valence-electron chi connectivity index (χ2n) is 8.50. The number of anilines is 2. The SMILES string of the molecule is CC(=O)[C@H](CC(=O)O)NC(=O)Cc1ccc(CNC(=O)c2ccc(Nc3cnc4ccccc4n3)cc2)s1. The van der Waals surface area contributed by atoms with E-state index in [0.717, 1.165) is 26.5 Å². The van der Waals surface area contributed by atoms with Gasteiger partial charge in [0.2, 0.25) is 5.91 Å². The number of nitrogens with zero attached hydrogens (tertiary/aromatic N) is 2. The Morgan fingerprint density at radius 2 is 1.66 bits per heavy atom. The number of Topliss-reactive ketones (excluding diaryl/α,β-unsaturated/α-hetero) is 1. The van der Waals surface area contributed by atoms with Crippen LogP contribution in [0.1, 0.15) is 33.5 Å². The maximum absolute atomic E-state index is 12.6. The van der Waals surface area contributed by atoms with Crippen molar-refractivity contribution in [3.63, 3.8) is 0 Å². The topological polar surface area (TPSA) is 150 Å². The summed E-state index contributed by atoms with van der Waals surface area (Å²) in [5.74, 6) is -1.66. The van der Waals surface area contributed by atoms with Gasteiger partial charge in [0.1, 0.15) is 5.82 Å². The number of ketones is 1. The summed E-state index contributed by atoms with van der Waals surface area (Å²) in [6.07, 6.45) is 1.20. The van der Waals surface area contributed by atoms with Crippen molar-refractivity contribution in [2.75, 3.05) is 5.32 Å². The van der Waals surface area contributed by atoms with Crippen molar-refractivity contribution in [2.24, 2.45) is 0 Å². The molecule has 2 heterocycles. The summed E-state index contributed by atoms with van der Waals surface area (Å²) in [5.41, 5.74) is 2.85. The lowest BCUT2D eigenvalue weighted by molar-refractivity contribution is -0.139. The van der Waals surface area contributed by atoms with Crippen LogP contribution >= 0.6 is 11.3 Å². The fourth-order valence-electron chi connectivity index (χ4n) is 3.63. The van der Waals surface area contributed by atoms with Gasteiger partial charge in [-0.05, 0) is 55.5 Å². The number of para-hydroxylation sites is 2. The molecule has 4 N–H and O–H groups in total. The van der Waals surface area contributed by atoms with Crippen molar-refractivity contribution in [3.05, 3.63) is 82.2 Å². The number of carboxylic acid groups (broad SMARTS) is 1. The molecule has 4 aromatic rings. The Morgan fingerprint density at radius 3 is 2.37 bits per heavy atom. The molecule has 194 valence electrons. The number of benzene rings is 2. The molecule has 0 saturated carbocycles. The van der Waals surface area contributed by atoms with E-state index >= 15 is 0 Å². The minimum atomic E-state index is -1.16. The first-order chi connectivity index (χ1) is 18.3.